The zero-order chi connectivity index (χ0) is 20.3. The minimum Gasteiger partial charge on any atom is -0.444 e. The number of rotatable bonds is 3. The van der Waals surface area contributed by atoms with Gasteiger partial charge in [0, 0.05) is 37.5 Å². The van der Waals surface area contributed by atoms with E-state index < -0.39 is 5.60 Å². The van der Waals surface area contributed by atoms with Crippen molar-refractivity contribution in [3.8, 4) is 0 Å². The summed E-state index contributed by atoms with van der Waals surface area (Å²) in [5, 5.41) is 3.07. The van der Waals surface area contributed by atoms with Crippen LogP contribution in [0, 0.1) is 0 Å². The van der Waals surface area contributed by atoms with Crippen LogP contribution in [0.15, 0.2) is 24.3 Å². The van der Waals surface area contributed by atoms with Crippen molar-refractivity contribution >= 4 is 17.8 Å². The summed E-state index contributed by atoms with van der Waals surface area (Å²) in [6.07, 6.45) is 3.32. The van der Waals surface area contributed by atoms with Gasteiger partial charge in [0.15, 0.2) is 0 Å². The summed E-state index contributed by atoms with van der Waals surface area (Å²) in [6, 6.07) is 7.65. The zero-order valence-corrected chi connectivity index (χ0v) is 17.0. The fraction of sp³-hybridized carbons (Fsp3) is 0.591. The van der Waals surface area contributed by atoms with Crippen LogP contribution in [0.25, 0.3) is 0 Å². The molecule has 1 N–H and O–H groups in total. The summed E-state index contributed by atoms with van der Waals surface area (Å²) < 4.78 is 5.40. The van der Waals surface area contributed by atoms with E-state index in [1.165, 1.54) is 0 Å². The number of carbonyl (C=O) groups excluding carboxylic acids is 3. The Bertz CT molecular complexity index is 728. The number of piperidine rings is 1. The van der Waals surface area contributed by atoms with Gasteiger partial charge >= 0.3 is 6.09 Å². The van der Waals surface area contributed by atoms with Crippen molar-refractivity contribution in [2.75, 3.05) is 13.1 Å². The summed E-state index contributed by atoms with van der Waals surface area (Å²) in [6.45, 7) is 6.72. The zero-order valence-electron chi connectivity index (χ0n) is 17.0. The summed E-state index contributed by atoms with van der Waals surface area (Å²) in [7, 11) is 0. The highest BCUT2D eigenvalue weighted by atomic mass is 16.6. The van der Waals surface area contributed by atoms with Crippen molar-refractivity contribution < 1.29 is 19.1 Å². The average molecular weight is 386 g/mol. The quantitative estimate of drug-likeness (QED) is 0.860. The van der Waals surface area contributed by atoms with E-state index in [4.69, 9.17) is 4.74 Å². The van der Waals surface area contributed by atoms with Crippen molar-refractivity contribution in [1.82, 2.24) is 10.2 Å². The lowest BCUT2D eigenvalue weighted by Gasteiger charge is -2.33. The van der Waals surface area contributed by atoms with E-state index in [2.05, 4.69) is 5.32 Å². The van der Waals surface area contributed by atoms with Crippen molar-refractivity contribution in [2.45, 2.75) is 70.4 Å². The van der Waals surface area contributed by atoms with E-state index in [1.807, 2.05) is 45.0 Å². The molecule has 0 aromatic heterocycles. The first-order chi connectivity index (χ1) is 13.2. The second-order valence-electron chi connectivity index (χ2n) is 8.82. The van der Waals surface area contributed by atoms with E-state index in [1.54, 1.807) is 4.90 Å². The van der Waals surface area contributed by atoms with Gasteiger partial charge in [-0.1, -0.05) is 12.1 Å². The SMILES string of the molecule is CC(C)(C)OC(=O)N1CCC(NC(=O)c2ccc(C3CCC(=O)C3)cc2)CC1. The Morgan fingerprint density at radius 2 is 1.71 bits per heavy atom. The number of nitrogens with one attached hydrogen (secondary N) is 1. The summed E-state index contributed by atoms with van der Waals surface area (Å²) in [5.41, 5.74) is 1.26. The van der Waals surface area contributed by atoms with Crippen LogP contribution >= 0.6 is 0 Å². The average Bonchev–Trinajstić information content (AvgIpc) is 3.07. The first kappa shape index (κ1) is 20.4. The second-order valence-corrected chi connectivity index (χ2v) is 8.82. The van der Waals surface area contributed by atoms with Gasteiger partial charge in [-0.3, -0.25) is 9.59 Å². The topological polar surface area (TPSA) is 75.7 Å². The number of carbonyl (C=O) groups is 3. The van der Waals surface area contributed by atoms with E-state index in [0.717, 1.165) is 12.0 Å². The van der Waals surface area contributed by atoms with Crippen LogP contribution in [-0.2, 0) is 9.53 Å². The molecule has 6 nitrogen and oxygen atoms in total. The Morgan fingerprint density at radius 3 is 2.25 bits per heavy atom. The van der Waals surface area contributed by atoms with E-state index in [0.29, 0.717) is 56.0 Å². The molecule has 1 aliphatic heterocycles. The maximum absolute atomic E-state index is 12.5. The number of ketones is 1. The molecule has 1 aromatic carbocycles. The molecule has 2 amide bonds. The first-order valence-corrected chi connectivity index (χ1v) is 10.1. The van der Waals surface area contributed by atoms with E-state index >= 15 is 0 Å². The molecule has 1 heterocycles. The highest BCUT2D eigenvalue weighted by Gasteiger charge is 2.28. The van der Waals surface area contributed by atoms with Gasteiger partial charge in [-0.2, -0.15) is 0 Å². The molecule has 1 aliphatic carbocycles. The monoisotopic (exact) mass is 386 g/mol. The Balaban J connectivity index is 1.48. The molecule has 1 saturated carbocycles. The molecule has 28 heavy (non-hydrogen) atoms. The van der Waals surface area contributed by atoms with Gasteiger partial charge in [-0.25, -0.2) is 4.79 Å². The standard InChI is InChI=1S/C22H30N2O4/c1-22(2,3)28-21(27)24-12-10-18(11-13-24)23-20(26)16-6-4-15(5-7-16)17-8-9-19(25)14-17/h4-7,17-18H,8-14H2,1-3H3,(H,23,26). The van der Waals surface area contributed by atoms with Gasteiger partial charge in [0.2, 0.25) is 0 Å². The van der Waals surface area contributed by atoms with Crippen LogP contribution in [0.2, 0.25) is 0 Å². The third kappa shape index (κ3) is 5.33. The van der Waals surface area contributed by atoms with Crippen molar-refractivity contribution in [2.24, 2.45) is 0 Å². The molecule has 1 atom stereocenters. The van der Waals surface area contributed by atoms with E-state index in [9.17, 15) is 14.4 Å². The molecule has 1 saturated heterocycles. The highest BCUT2D eigenvalue weighted by Crippen LogP contribution is 2.32. The maximum atomic E-state index is 12.5. The molecular formula is C22H30N2O4. The number of hydrogen-bond acceptors (Lipinski definition) is 4. The van der Waals surface area contributed by atoms with Crippen molar-refractivity contribution in [3.05, 3.63) is 35.4 Å². The Hall–Kier alpha value is -2.37. The predicted octanol–water partition coefficient (Wildman–Crippen LogP) is 3.65. The Morgan fingerprint density at radius 1 is 1.07 bits per heavy atom. The number of amides is 2. The number of hydrogen-bond donors (Lipinski definition) is 1. The fourth-order valence-corrected chi connectivity index (χ4v) is 3.81. The molecule has 6 heteroatoms. The van der Waals surface area contributed by atoms with Crippen LogP contribution in [-0.4, -0.2) is 47.4 Å². The van der Waals surface area contributed by atoms with Gasteiger partial charge in [0.05, 0.1) is 0 Å². The molecule has 0 radical (unpaired) electrons. The van der Waals surface area contributed by atoms with Crippen LogP contribution in [0.3, 0.4) is 0 Å². The molecule has 1 unspecified atom stereocenters. The lowest BCUT2D eigenvalue weighted by atomic mass is 9.96. The third-order valence-corrected chi connectivity index (χ3v) is 5.37. The third-order valence-electron chi connectivity index (χ3n) is 5.37. The van der Waals surface area contributed by atoms with E-state index in [-0.39, 0.29) is 18.0 Å². The van der Waals surface area contributed by atoms with Gasteiger partial charge in [0.1, 0.15) is 11.4 Å². The van der Waals surface area contributed by atoms with Crippen molar-refractivity contribution in [3.63, 3.8) is 0 Å². The number of likely N-dealkylation sites (tertiary alicyclic amines) is 1. The summed E-state index contributed by atoms with van der Waals surface area (Å²) >= 11 is 0. The fourth-order valence-electron chi connectivity index (χ4n) is 3.81. The van der Waals surface area contributed by atoms with Gasteiger partial charge in [-0.05, 0) is 63.6 Å². The molecule has 1 aromatic rings. The molecule has 2 fully saturated rings. The molecule has 152 valence electrons. The normalized spacial score (nSPS) is 20.9. The van der Waals surface area contributed by atoms with Crippen LogP contribution in [0.1, 0.15) is 74.7 Å². The lowest BCUT2D eigenvalue weighted by Crippen LogP contribution is -2.47. The summed E-state index contributed by atoms with van der Waals surface area (Å²) in [4.78, 5) is 37.8. The van der Waals surface area contributed by atoms with Gasteiger partial charge in [-0.15, -0.1) is 0 Å². The molecule has 0 bridgehead atoms. The molecular weight excluding hydrogens is 356 g/mol. The number of benzene rings is 1. The van der Waals surface area contributed by atoms with Crippen LogP contribution in [0.5, 0.6) is 0 Å². The van der Waals surface area contributed by atoms with Crippen LogP contribution in [0.4, 0.5) is 4.79 Å². The minimum absolute atomic E-state index is 0.0540. The molecule has 3 rings (SSSR count). The number of ether oxygens (including phenoxy) is 1. The summed E-state index contributed by atoms with van der Waals surface area (Å²) in [5.74, 6) is 0.524. The van der Waals surface area contributed by atoms with Crippen LogP contribution < -0.4 is 5.32 Å². The molecule has 0 spiro atoms. The van der Waals surface area contributed by atoms with Gasteiger partial charge in [0.25, 0.3) is 5.91 Å². The maximum Gasteiger partial charge on any atom is 0.410 e. The predicted molar refractivity (Wildman–Crippen MR) is 106 cm³/mol. The van der Waals surface area contributed by atoms with Gasteiger partial charge < -0.3 is 15.0 Å². The highest BCUT2D eigenvalue weighted by molar-refractivity contribution is 5.94. The van der Waals surface area contributed by atoms with Crippen molar-refractivity contribution in [1.29, 1.82) is 0 Å². The number of Topliss-reactive ketones (excluding diaryl/α,β-unsaturated/α-hetero) is 1. The Labute approximate surface area is 166 Å². The lowest BCUT2D eigenvalue weighted by molar-refractivity contribution is -0.117. The Kier molecular flexibility index (Phi) is 6.06. The smallest absolute Gasteiger partial charge is 0.410 e. The minimum atomic E-state index is -0.500. The molecule has 2 aliphatic rings. The number of nitrogens with zero attached hydrogens (tertiary/aromatic N) is 1. The first-order valence-electron chi connectivity index (χ1n) is 10.1. The largest absolute Gasteiger partial charge is 0.444 e. The second kappa shape index (κ2) is 8.33.